The summed E-state index contributed by atoms with van der Waals surface area (Å²) < 4.78 is 27.7. The van der Waals surface area contributed by atoms with Gasteiger partial charge in [-0.2, -0.15) is 0 Å². The number of amides is 1. The molecule has 3 rings (SSSR count). The first-order valence-electron chi connectivity index (χ1n) is 10.2. The second-order valence-corrected chi connectivity index (χ2v) is 9.67. The van der Waals surface area contributed by atoms with E-state index in [2.05, 4.69) is 29.0 Å². The number of hydrogen-bond donors (Lipinski definition) is 1. The molecule has 1 amide bonds. The number of likely N-dealkylation sites (tertiary alicyclic amines) is 1. The Balaban J connectivity index is 1.45. The first kappa shape index (κ1) is 21.5. The zero-order chi connectivity index (χ0) is 20.9. The Kier molecular flexibility index (Phi) is 7.09. The zero-order valence-corrected chi connectivity index (χ0v) is 18.0. The molecule has 0 unspecified atom stereocenters. The lowest BCUT2D eigenvalue weighted by atomic mass is 9.90. The van der Waals surface area contributed by atoms with Crippen molar-refractivity contribution < 1.29 is 13.2 Å². The van der Waals surface area contributed by atoms with E-state index in [0.29, 0.717) is 11.5 Å². The molecule has 0 saturated carbocycles. The summed E-state index contributed by atoms with van der Waals surface area (Å²) in [6.45, 7) is 5.26. The molecule has 29 heavy (non-hydrogen) atoms. The number of nitrogens with zero attached hydrogens (tertiary/aromatic N) is 1. The molecule has 0 atom stereocenters. The van der Waals surface area contributed by atoms with Crippen LogP contribution in [0, 0.1) is 19.8 Å². The highest BCUT2D eigenvalue weighted by molar-refractivity contribution is 7.89. The number of nitrogens with one attached hydrogen (secondary N) is 1. The lowest BCUT2D eigenvalue weighted by molar-refractivity contribution is -0.132. The molecule has 2 aromatic rings. The number of benzene rings is 2. The average molecular weight is 415 g/mol. The number of aryl methyl sites for hydroxylation is 2. The maximum Gasteiger partial charge on any atom is 0.240 e. The zero-order valence-electron chi connectivity index (χ0n) is 17.2. The highest BCUT2D eigenvalue weighted by atomic mass is 32.2. The third-order valence-corrected chi connectivity index (χ3v) is 7.20. The number of hydrogen-bond acceptors (Lipinski definition) is 3. The summed E-state index contributed by atoms with van der Waals surface area (Å²) in [5, 5.41) is 0. The second-order valence-electron chi connectivity index (χ2n) is 7.93. The molecule has 0 bridgehead atoms. The summed E-state index contributed by atoms with van der Waals surface area (Å²) in [6.07, 6.45) is 3.23. The average Bonchev–Trinajstić information content (AvgIpc) is 2.71. The van der Waals surface area contributed by atoms with Gasteiger partial charge < -0.3 is 4.90 Å². The van der Waals surface area contributed by atoms with E-state index < -0.39 is 10.0 Å². The Labute approximate surface area is 174 Å². The molecule has 1 aliphatic heterocycles. The Morgan fingerprint density at radius 3 is 2.45 bits per heavy atom. The van der Waals surface area contributed by atoms with Gasteiger partial charge in [-0.05, 0) is 61.8 Å². The normalized spacial score (nSPS) is 15.4. The third-order valence-electron chi connectivity index (χ3n) is 5.60. The molecule has 1 N–H and O–H groups in total. The van der Waals surface area contributed by atoms with Crippen LogP contribution in [0.2, 0.25) is 0 Å². The summed E-state index contributed by atoms with van der Waals surface area (Å²) in [6, 6.07) is 15.8. The van der Waals surface area contributed by atoms with E-state index in [-0.39, 0.29) is 23.8 Å². The molecule has 0 spiro atoms. The van der Waals surface area contributed by atoms with E-state index in [4.69, 9.17) is 0 Å². The van der Waals surface area contributed by atoms with Gasteiger partial charge in [0.1, 0.15) is 0 Å². The standard InChI is InChI=1S/C23H30N2O3S/c1-18-8-9-19(2)22(16-18)29(27,28)24-13-10-23(26)25-14-11-21(12-15-25)17-20-6-4-3-5-7-20/h3-9,16,21,24H,10-15,17H2,1-2H3. The molecular weight excluding hydrogens is 384 g/mol. The van der Waals surface area contributed by atoms with Gasteiger partial charge in [0.05, 0.1) is 4.90 Å². The van der Waals surface area contributed by atoms with Crippen LogP contribution in [0.15, 0.2) is 53.4 Å². The second kappa shape index (κ2) is 9.55. The molecule has 1 aliphatic rings. The minimum atomic E-state index is -3.60. The quantitative estimate of drug-likeness (QED) is 0.755. The lowest BCUT2D eigenvalue weighted by Crippen LogP contribution is -2.40. The molecule has 1 fully saturated rings. The minimum Gasteiger partial charge on any atom is -0.343 e. The van der Waals surface area contributed by atoms with Crippen LogP contribution in [-0.4, -0.2) is 38.9 Å². The summed E-state index contributed by atoms with van der Waals surface area (Å²) in [5.74, 6) is 0.621. The fourth-order valence-electron chi connectivity index (χ4n) is 3.86. The van der Waals surface area contributed by atoms with E-state index in [1.165, 1.54) is 5.56 Å². The first-order chi connectivity index (χ1) is 13.8. The number of sulfonamides is 1. The van der Waals surface area contributed by atoms with Gasteiger partial charge in [0.25, 0.3) is 0 Å². The van der Waals surface area contributed by atoms with Crippen LogP contribution in [0.25, 0.3) is 0 Å². The van der Waals surface area contributed by atoms with Crippen molar-refractivity contribution >= 4 is 15.9 Å². The van der Waals surface area contributed by atoms with Gasteiger partial charge in [0.2, 0.25) is 15.9 Å². The highest BCUT2D eigenvalue weighted by Crippen LogP contribution is 2.22. The molecule has 5 nitrogen and oxygen atoms in total. The molecule has 0 radical (unpaired) electrons. The first-order valence-corrected chi connectivity index (χ1v) is 11.7. The molecule has 2 aromatic carbocycles. The SMILES string of the molecule is Cc1ccc(C)c(S(=O)(=O)NCCC(=O)N2CCC(Cc3ccccc3)CC2)c1. The van der Waals surface area contributed by atoms with Crippen LogP contribution >= 0.6 is 0 Å². The van der Waals surface area contributed by atoms with Crippen molar-refractivity contribution in [2.24, 2.45) is 5.92 Å². The van der Waals surface area contributed by atoms with Crippen LogP contribution in [-0.2, 0) is 21.2 Å². The van der Waals surface area contributed by atoms with E-state index in [0.717, 1.165) is 37.9 Å². The van der Waals surface area contributed by atoms with E-state index >= 15 is 0 Å². The van der Waals surface area contributed by atoms with Gasteiger partial charge in [-0.1, -0.05) is 42.5 Å². The van der Waals surface area contributed by atoms with Crippen molar-refractivity contribution in [3.05, 3.63) is 65.2 Å². The summed E-state index contributed by atoms with van der Waals surface area (Å²) >= 11 is 0. The molecule has 0 aromatic heterocycles. The summed E-state index contributed by atoms with van der Waals surface area (Å²) in [7, 11) is -3.60. The van der Waals surface area contributed by atoms with Gasteiger partial charge in [0.15, 0.2) is 0 Å². The Morgan fingerprint density at radius 2 is 1.76 bits per heavy atom. The molecular formula is C23H30N2O3S. The van der Waals surface area contributed by atoms with E-state index in [1.807, 2.05) is 24.0 Å². The van der Waals surface area contributed by atoms with Crippen molar-refractivity contribution in [2.75, 3.05) is 19.6 Å². The van der Waals surface area contributed by atoms with Gasteiger partial charge in [-0.25, -0.2) is 13.1 Å². The van der Waals surface area contributed by atoms with Crippen LogP contribution in [0.1, 0.15) is 36.0 Å². The minimum absolute atomic E-state index is 0.0202. The number of carbonyl (C=O) groups excluding carboxylic acids is 1. The van der Waals surface area contributed by atoms with Gasteiger partial charge >= 0.3 is 0 Å². The summed E-state index contributed by atoms with van der Waals surface area (Å²) in [5.41, 5.74) is 2.94. The molecule has 156 valence electrons. The maximum atomic E-state index is 12.5. The van der Waals surface area contributed by atoms with E-state index in [9.17, 15) is 13.2 Å². The molecule has 6 heteroatoms. The maximum absolute atomic E-state index is 12.5. The Bertz CT molecular complexity index is 934. The highest BCUT2D eigenvalue weighted by Gasteiger charge is 2.23. The van der Waals surface area contributed by atoms with E-state index in [1.54, 1.807) is 19.1 Å². The van der Waals surface area contributed by atoms with Crippen molar-refractivity contribution in [1.29, 1.82) is 0 Å². The van der Waals surface area contributed by atoms with Crippen LogP contribution in [0.3, 0.4) is 0 Å². The van der Waals surface area contributed by atoms with Crippen molar-refractivity contribution in [2.45, 2.75) is 44.4 Å². The monoisotopic (exact) mass is 414 g/mol. The number of rotatable bonds is 7. The van der Waals surface area contributed by atoms with Gasteiger partial charge in [-0.15, -0.1) is 0 Å². The van der Waals surface area contributed by atoms with Crippen LogP contribution in [0.5, 0.6) is 0 Å². The third kappa shape index (κ3) is 5.90. The molecule has 1 saturated heterocycles. The van der Waals surface area contributed by atoms with Gasteiger partial charge in [0, 0.05) is 26.1 Å². The van der Waals surface area contributed by atoms with Crippen LogP contribution < -0.4 is 4.72 Å². The Morgan fingerprint density at radius 1 is 1.07 bits per heavy atom. The Hall–Kier alpha value is -2.18. The smallest absolute Gasteiger partial charge is 0.240 e. The predicted octanol–water partition coefficient (Wildman–Crippen LogP) is 3.45. The predicted molar refractivity (Wildman–Crippen MR) is 115 cm³/mol. The van der Waals surface area contributed by atoms with Gasteiger partial charge in [-0.3, -0.25) is 4.79 Å². The molecule has 0 aliphatic carbocycles. The fourth-order valence-corrected chi connectivity index (χ4v) is 5.22. The van der Waals surface area contributed by atoms with Crippen LogP contribution in [0.4, 0.5) is 0 Å². The van der Waals surface area contributed by atoms with Crippen molar-refractivity contribution in [3.8, 4) is 0 Å². The number of carbonyl (C=O) groups is 1. The largest absolute Gasteiger partial charge is 0.343 e. The topological polar surface area (TPSA) is 66.5 Å². The lowest BCUT2D eigenvalue weighted by Gasteiger charge is -2.32. The van der Waals surface area contributed by atoms with Crippen molar-refractivity contribution in [1.82, 2.24) is 9.62 Å². The fraction of sp³-hybridized carbons (Fsp3) is 0.435. The summed E-state index contributed by atoms with van der Waals surface area (Å²) in [4.78, 5) is 14.7. The number of piperidine rings is 1. The molecule has 1 heterocycles. The van der Waals surface area contributed by atoms with Crippen molar-refractivity contribution in [3.63, 3.8) is 0 Å².